The normalized spacial score (nSPS) is 15.1. The van der Waals surface area contributed by atoms with Gasteiger partial charge in [0.05, 0.1) is 0 Å². The van der Waals surface area contributed by atoms with Crippen molar-refractivity contribution in [2.75, 3.05) is 6.16 Å². The molecule has 0 aromatic carbocycles. The topological polar surface area (TPSA) is 18.5 Å². The fraction of sp³-hybridized carbons (Fsp3) is 1.00. The first-order valence-corrected chi connectivity index (χ1v) is 11.8. The molecule has 0 rings (SSSR count). The van der Waals surface area contributed by atoms with Gasteiger partial charge in [-0.15, -0.1) is 0 Å². The van der Waals surface area contributed by atoms with E-state index in [0.717, 1.165) is 6.16 Å². The van der Waals surface area contributed by atoms with Crippen LogP contribution in [0.25, 0.3) is 0 Å². The SMILES string of the molecule is CC(C)(C)C[P](=[W])(OC(C)(C)C)OC(C)(C)C. The molecule has 0 unspecified atom stereocenters. The summed E-state index contributed by atoms with van der Waals surface area (Å²) < 4.78 is 12.6. The standard InChI is InChI=1S/C13H29O2P.W/c1-11(2,3)10-16(14-12(4,5)6)15-13(7,8)9;/h10H2,1-9H3;. The van der Waals surface area contributed by atoms with Crippen molar-refractivity contribution in [1.29, 1.82) is 0 Å². The van der Waals surface area contributed by atoms with E-state index in [1.807, 2.05) is 0 Å². The zero-order chi connectivity index (χ0) is 14.1. The summed E-state index contributed by atoms with van der Waals surface area (Å²) in [7, 11) is 0. The Hall–Kier alpha value is 1.04. The van der Waals surface area contributed by atoms with Gasteiger partial charge in [-0.05, 0) is 0 Å². The maximum absolute atomic E-state index is 6.30. The number of hydrogen-bond acceptors (Lipinski definition) is 2. The van der Waals surface area contributed by atoms with Crippen molar-refractivity contribution in [3.05, 3.63) is 0 Å². The molecule has 0 aromatic rings. The fourth-order valence-corrected chi connectivity index (χ4v) is 13.5. The van der Waals surface area contributed by atoms with Crippen molar-refractivity contribution in [3.8, 4) is 0 Å². The Bertz CT molecular complexity index is 244. The zero-order valence-corrected chi connectivity index (χ0v) is 16.7. The molecule has 0 aromatic heterocycles. The van der Waals surface area contributed by atoms with Crippen molar-refractivity contribution in [2.45, 2.75) is 73.5 Å². The summed E-state index contributed by atoms with van der Waals surface area (Å²) in [4.78, 5) is 0. The first kappa shape index (κ1) is 18.0. The summed E-state index contributed by atoms with van der Waals surface area (Å²) in [5.74, 6) is 0. The third-order valence-corrected chi connectivity index (χ3v) is 7.48. The maximum atomic E-state index is 6.30. The van der Waals surface area contributed by atoms with Gasteiger partial charge in [-0.1, -0.05) is 0 Å². The van der Waals surface area contributed by atoms with Gasteiger partial charge in [-0.3, -0.25) is 0 Å². The first-order chi connectivity index (χ1) is 7.12. The van der Waals surface area contributed by atoms with Gasteiger partial charge >= 0.3 is 118 Å². The molecule has 0 bridgehead atoms. The van der Waals surface area contributed by atoms with Gasteiger partial charge in [0, 0.05) is 0 Å². The Kier molecular flexibility index (Phi) is 5.92. The van der Waals surface area contributed by atoms with Crippen LogP contribution in [0.4, 0.5) is 0 Å². The van der Waals surface area contributed by atoms with E-state index < -0.39 is 5.35 Å². The molecule has 4 heteroatoms. The third kappa shape index (κ3) is 10.6. The zero-order valence-electron chi connectivity index (χ0n) is 12.9. The quantitative estimate of drug-likeness (QED) is 0.587. The average Bonchev–Trinajstić information content (AvgIpc) is 1.65. The van der Waals surface area contributed by atoms with Gasteiger partial charge in [0.15, 0.2) is 0 Å². The second kappa shape index (κ2) is 5.57. The van der Waals surface area contributed by atoms with Crippen LogP contribution in [0.5, 0.6) is 0 Å². The molecule has 0 saturated carbocycles. The molecule has 2 nitrogen and oxygen atoms in total. The van der Waals surface area contributed by atoms with Crippen LogP contribution in [0, 0.1) is 5.41 Å². The van der Waals surface area contributed by atoms with E-state index >= 15 is 0 Å². The Morgan fingerprint density at radius 2 is 1.06 bits per heavy atom. The Morgan fingerprint density at radius 3 is 1.24 bits per heavy atom. The van der Waals surface area contributed by atoms with Gasteiger partial charge in [0.25, 0.3) is 0 Å². The summed E-state index contributed by atoms with van der Waals surface area (Å²) in [6.45, 7) is 19.4. The second-order valence-corrected chi connectivity index (χ2v) is 15.6. The van der Waals surface area contributed by atoms with Crippen LogP contribution in [0.3, 0.4) is 0 Å². The van der Waals surface area contributed by atoms with Crippen molar-refractivity contribution in [2.24, 2.45) is 5.41 Å². The summed E-state index contributed by atoms with van der Waals surface area (Å²) in [6.07, 6.45) is 1.02. The molecular formula is C13H29O2PW. The monoisotopic (exact) mass is 432 g/mol. The van der Waals surface area contributed by atoms with Crippen LogP contribution >= 0.6 is 5.35 Å². The predicted molar refractivity (Wildman–Crippen MR) is 72.9 cm³/mol. The summed E-state index contributed by atoms with van der Waals surface area (Å²) in [5, 5.41) is -1.75. The number of hydrogen-bond donors (Lipinski definition) is 0. The molecule has 0 aliphatic carbocycles. The Labute approximate surface area is 118 Å². The van der Waals surface area contributed by atoms with Gasteiger partial charge in [0.2, 0.25) is 0 Å². The van der Waals surface area contributed by atoms with E-state index in [0.29, 0.717) is 0 Å². The minimum absolute atomic E-state index is 0.133. The molecule has 0 amide bonds. The van der Waals surface area contributed by atoms with Gasteiger partial charge < -0.3 is 0 Å². The van der Waals surface area contributed by atoms with Crippen LogP contribution in [-0.4, -0.2) is 17.4 Å². The van der Waals surface area contributed by atoms with Crippen LogP contribution in [0.1, 0.15) is 62.3 Å². The van der Waals surface area contributed by atoms with Crippen molar-refractivity contribution >= 4 is 5.35 Å². The van der Waals surface area contributed by atoms with E-state index in [-0.39, 0.29) is 16.6 Å². The van der Waals surface area contributed by atoms with E-state index in [2.05, 4.69) is 62.3 Å². The molecular weight excluding hydrogens is 403 g/mol. The van der Waals surface area contributed by atoms with Crippen LogP contribution in [0.2, 0.25) is 0 Å². The molecule has 0 aliphatic rings. The summed E-state index contributed by atoms with van der Waals surface area (Å²) in [6, 6.07) is 0. The van der Waals surface area contributed by atoms with Crippen LogP contribution in [-0.2, 0) is 27.9 Å². The van der Waals surface area contributed by atoms with E-state index in [9.17, 15) is 0 Å². The van der Waals surface area contributed by atoms with Crippen molar-refractivity contribution < 1.29 is 27.9 Å². The molecule has 0 aliphatic heterocycles. The minimum atomic E-state index is -1.75. The summed E-state index contributed by atoms with van der Waals surface area (Å²) >= 11 is 1.45. The Morgan fingerprint density at radius 1 is 0.765 bits per heavy atom. The van der Waals surface area contributed by atoms with Gasteiger partial charge in [-0.2, -0.15) is 0 Å². The molecule has 0 saturated heterocycles. The van der Waals surface area contributed by atoms with Crippen LogP contribution < -0.4 is 0 Å². The second-order valence-electron chi connectivity index (χ2n) is 7.74. The molecule has 104 valence electrons. The molecule has 0 atom stereocenters. The average molecular weight is 432 g/mol. The molecule has 0 spiro atoms. The molecule has 0 heterocycles. The van der Waals surface area contributed by atoms with Crippen molar-refractivity contribution in [3.63, 3.8) is 0 Å². The fourth-order valence-electron chi connectivity index (χ4n) is 1.50. The molecule has 17 heavy (non-hydrogen) atoms. The summed E-state index contributed by atoms with van der Waals surface area (Å²) in [5.41, 5.74) is -0.0237. The van der Waals surface area contributed by atoms with Crippen LogP contribution in [0.15, 0.2) is 0 Å². The van der Waals surface area contributed by atoms with Crippen molar-refractivity contribution in [1.82, 2.24) is 0 Å². The van der Waals surface area contributed by atoms with E-state index in [1.165, 1.54) is 18.8 Å². The molecule has 0 fully saturated rings. The van der Waals surface area contributed by atoms with Gasteiger partial charge in [-0.25, -0.2) is 0 Å². The molecule has 0 N–H and O–H groups in total. The van der Waals surface area contributed by atoms with E-state index in [1.54, 1.807) is 0 Å². The van der Waals surface area contributed by atoms with E-state index in [4.69, 9.17) is 9.05 Å². The third-order valence-electron chi connectivity index (χ3n) is 1.49. The Balaban J connectivity index is 5.03. The molecule has 0 radical (unpaired) electrons. The van der Waals surface area contributed by atoms with Gasteiger partial charge in [0.1, 0.15) is 0 Å². The first-order valence-electron chi connectivity index (χ1n) is 6.13. The number of rotatable bonds is 3. The predicted octanol–water partition coefficient (Wildman–Crippen LogP) is 4.97.